The van der Waals surface area contributed by atoms with Crippen molar-refractivity contribution in [3.63, 3.8) is 0 Å². The molecule has 0 fully saturated rings. The Morgan fingerprint density at radius 2 is 1.62 bits per heavy atom. The highest BCUT2D eigenvalue weighted by atomic mass is 16.5. The first kappa shape index (κ1) is 21.0. The van der Waals surface area contributed by atoms with E-state index in [1.54, 1.807) is 13.3 Å². The molecule has 0 saturated carbocycles. The molecule has 0 unspecified atom stereocenters. The zero-order valence-corrected chi connectivity index (χ0v) is 16.9. The van der Waals surface area contributed by atoms with Crippen molar-refractivity contribution in [3.05, 3.63) is 66.2 Å². The summed E-state index contributed by atoms with van der Waals surface area (Å²) in [6, 6.07) is 15.6. The highest BCUT2D eigenvalue weighted by Crippen LogP contribution is 2.26. The fourth-order valence-electron chi connectivity index (χ4n) is 3.03. The fourth-order valence-corrected chi connectivity index (χ4v) is 3.03. The van der Waals surface area contributed by atoms with E-state index >= 15 is 0 Å². The molecular weight excluding hydrogens is 368 g/mol. The molecule has 0 atom stereocenters. The Morgan fingerprint density at radius 3 is 2.14 bits per heavy atom. The Balaban J connectivity index is 1.59. The lowest BCUT2D eigenvalue weighted by Crippen LogP contribution is -2.50. The SMILES string of the molecule is CCc1nc(-c2ccc(Oc3ccc(CCC(CO)(CO)NC)cc3)cc2)co1. The van der Waals surface area contributed by atoms with E-state index in [1.807, 2.05) is 55.5 Å². The van der Waals surface area contributed by atoms with Gasteiger partial charge in [0.15, 0.2) is 5.89 Å². The van der Waals surface area contributed by atoms with Crippen LogP contribution < -0.4 is 10.1 Å². The number of aryl methyl sites for hydroxylation is 2. The van der Waals surface area contributed by atoms with Gasteiger partial charge in [-0.15, -0.1) is 0 Å². The van der Waals surface area contributed by atoms with Gasteiger partial charge < -0.3 is 24.7 Å². The van der Waals surface area contributed by atoms with Gasteiger partial charge in [0.25, 0.3) is 0 Å². The average molecular weight is 396 g/mol. The van der Waals surface area contributed by atoms with E-state index in [0.29, 0.717) is 6.42 Å². The van der Waals surface area contributed by atoms with Crippen molar-refractivity contribution in [2.24, 2.45) is 0 Å². The molecule has 0 amide bonds. The molecule has 0 spiro atoms. The van der Waals surface area contributed by atoms with Crippen LogP contribution in [0.5, 0.6) is 11.5 Å². The molecule has 6 nitrogen and oxygen atoms in total. The minimum atomic E-state index is -0.654. The summed E-state index contributed by atoms with van der Waals surface area (Å²) in [6.07, 6.45) is 3.82. The second-order valence-corrected chi connectivity index (χ2v) is 7.10. The van der Waals surface area contributed by atoms with E-state index in [1.165, 1.54) is 0 Å². The number of aliphatic hydroxyl groups excluding tert-OH is 2. The summed E-state index contributed by atoms with van der Waals surface area (Å²) < 4.78 is 11.3. The Labute approximate surface area is 171 Å². The lowest BCUT2D eigenvalue weighted by Gasteiger charge is -2.29. The van der Waals surface area contributed by atoms with Crippen LogP contribution in [-0.2, 0) is 12.8 Å². The van der Waals surface area contributed by atoms with Gasteiger partial charge in [-0.1, -0.05) is 19.1 Å². The number of oxazole rings is 1. The molecule has 29 heavy (non-hydrogen) atoms. The van der Waals surface area contributed by atoms with Crippen LogP contribution in [0.1, 0.15) is 24.8 Å². The maximum atomic E-state index is 9.52. The zero-order valence-electron chi connectivity index (χ0n) is 16.9. The average Bonchev–Trinajstić information content (AvgIpc) is 3.26. The van der Waals surface area contributed by atoms with Crippen LogP contribution in [0.15, 0.2) is 59.2 Å². The minimum Gasteiger partial charge on any atom is -0.457 e. The molecule has 0 aliphatic heterocycles. The number of benzene rings is 2. The quantitative estimate of drug-likeness (QED) is 0.486. The molecule has 0 aliphatic carbocycles. The number of nitrogens with zero attached hydrogens (tertiary/aromatic N) is 1. The summed E-state index contributed by atoms with van der Waals surface area (Å²) >= 11 is 0. The molecule has 1 heterocycles. The van der Waals surface area contributed by atoms with Crippen LogP contribution in [0.4, 0.5) is 0 Å². The maximum Gasteiger partial charge on any atom is 0.194 e. The molecule has 0 aliphatic rings. The topological polar surface area (TPSA) is 87.8 Å². The number of hydrogen-bond donors (Lipinski definition) is 3. The lowest BCUT2D eigenvalue weighted by atomic mass is 9.93. The van der Waals surface area contributed by atoms with Gasteiger partial charge in [0.2, 0.25) is 0 Å². The largest absolute Gasteiger partial charge is 0.457 e. The van der Waals surface area contributed by atoms with Crippen LogP contribution >= 0.6 is 0 Å². The maximum absolute atomic E-state index is 9.52. The highest BCUT2D eigenvalue weighted by molar-refractivity contribution is 5.59. The van der Waals surface area contributed by atoms with Crippen molar-refractivity contribution < 1.29 is 19.4 Å². The van der Waals surface area contributed by atoms with E-state index in [-0.39, 0.29) is 13.2 Å². The van der Waals surface area contributed by atoms with E-state index in [2.05, 4.69) is 10.3 Å². The number of hydrogen-bond acceptors (Lipinski definition) is 6. The summed E-state index contributed by atoms with van der Waals surface area (Å²) in [5.41, 5.74) is 2.27. The van der Waals surface area contributed by atoms with Gasteiger partial charge in [-0.2, -0.15) is 0 Å². The molecule has 2 aromatic carbocycles. The zero-order chi connectivity index (χ0) is 20.7. The standard InChI is InChI=1S/C23H28N2O4/c1-3-22-25-21(14-28-22)18-6-10-20(11-7-18)29-19-8-4-17(5-9-19)12-13-23(15-26,16-27)24-2/h4-11,14,24,26-27H,3,12-13,15-16H2,1-2H3. The molecule has 3 aromatic rings. The van der Waals surface area contributed by atoms with Crippen LogP contribution in [0, 0.1) is 0 Å². The summed E-state index contributed by atoms with van der Waals surface area (Å²) in [6.45, 7) is 1.80. The Kier molecular flexibility index (Phi) is 7.04. The van der Waals surface area contributed by atoms with Crippen molar-refractivity contribution in [1.29, 1.82) is 0 Å². The van der Waals surface area contributed by atoms with Crippen LogP contribution in [0.25, 0.3) is 11.3 Å². The third-order valence-electron chi connectivity index (χ3n) is 5.19. The molecule has 154 valence electrons. The summed E-state index contributed by atoms with van der Waals surface area (Å²) in [5, 5.41) is 22.0. The number of rotatable bonds is 10. The molecule has 1 aromatic heterocycles. The summed E-state index contributed by atoms with van der Waals surface area (Å²) in [5.74, 6) is 2.22. The van der Waals surface area contributed by atoms with Gasteiger partial charge in [-0.05, 0) is 61.9 Å². The molecule has 3 N–H and O–H groups in total. The molecule has 0 bridgehead atoms. The first-order valence-corrected chi connectivity index (χ1v) is 9.83. The summed E-state index contributed by atoms with van der Waals surface area (Å²) in [4.78, 5) is 4.43. The molecule has 0 radical (unpaired) electrons. The normalized spacial score (nSPS) is 11.6. The van der Waals surface area contributed by atoms with Crippen molar-refractivity contribution in [2.45, 2.75) is 31.7 Å². The van der Waals surface area contributed by atoms with E-state index < -0.39 is 5.54 Å². The van der Waals surface area contributed by atoms with Crippen molar-refractivity contribution in [3.8, 4) is 22.8 Å². The third kappa shape index (κ3) is 5.23. The Bertz CT molecular complexity index is 876. The van der Waals surface area contributed by atoms with Crippen LogP contribution in [-0.4, -0.2) is 41.0 Å². The Hall–Kier alpha value is -2.67. The summed E-state index contributed by atoms with van der Waals surface area (Å²) in [7, 11) is 1.75. The number of likely N-dealkylation sites (N-methyl/N-ethyl adjacent to an activating group) is 1. The monoisotopic (exact) mass is 396 g/mol. The predicted octanol–water partition coefficient (Wildman–Crippen LogP) is 3.57. The van der Waals surface area contributed by atoms with E-state index in [0.717, 1.165) is 47.1 Å². The first-order valence-electron chi connectivity index (χ1n) is 9.83. The number of aromatic nitrogens is 1. The molecular formula is C23H28N2O4. The minimum absolute atomic E-state index is 0.106. The third-order valence-corrected chi connectivity index (χ3v) is 5.19. The van der Waals surface area contributed by atoms with Crippen LogP contribution in [0.3, 0.4) is 0 Å². The second kappa shape index (κ2) is 9.69. The van der Waals surface area contributed by atoms with Gasteiger partial charge in [0.05, 0.1) is 18.8 Å². The van der Waals surface area contributed by atoms with E-state index in [4.69, 9.17) is 9.15 Å². The van der Waals surface area contributed by atoms with E-state index in [9.17, 15) is 10.2 Å². The fraction of sp³-hybridized carbons (Fsp3) is 0.348. The Morgan fingerprint density at radius 1 is 1.00 bits per heavy atom. The van der Waals surface area contributed by atoms with Gasteiger partial charge in [0.1, 0.15) is 23.5 Å². The molecule has 3 rings (SSSR count). The van der Waals surface area contributed by atoms with Gasteiger partial charge in [-0.3, -0.25) is 0 Å². The lowest BCUT2D eigenvalue weighted by molar-refractivity contribution is 0.0906. The second-order valence-electron chi connectivity index (χ2n) is 7.10. The van der Waals surface area contributed by atoms with Gasteiger partial charge in [-0.25, -0.2) is 4.98 Å². The van der Waals surface area contributed by atoms with Crippen molar-refractivity contribution in [2.75, 3.05) is 20.3 Å². The predicted molar refractivity (Wildman–Crippen MR) is 112 cm³/mol. The van der Waals surface area contributed by atoms with Crippen LogP contribution in [0.2, 0.25) is 0 Å². The van der Waals surface area contributed by atoms with Crippen molar-refractivity contribution in [1.82, 2.24) is 10.3 Å². The number of aliphatic hydroxyl groups is 2. The molecule has 6 heteroatoms. The highest BCUT2D eigenvalue weighted by Gasteiger charge is 2.25. The number of ether oxygens (including phenoxy) is 1. The first-order chi connectivity index (χ1) is 14.1. The number of nitrogens with one attached hydrogen (secondary N) is 1. The molecule has 0 saturated heterocycles. The van der Waals surface area contributed by atoms with Gasteiger partial charge in [0, 0.05) is 12.0 Å². The van der Waals surface area contributed by atoms with Crippen molar-refractivity contribution >= 4 is 0 Å². The van der Waals surface area contributed by atoms with Gasteiger partial charge >= 0.3 is 0 Å². The smallest absolute Gasteiger partial charge is 0.194 e.